The fraction of sp³-hybridized carbons (Fsp3) is 0.367. The van der Waals surface area contributed by atoms with Gasteiger partial charge < -0.3 is 9.47 Å². The average Bonchev–Trinajstić information content (AvgIpc) is 3.30. The molecule has 1 heterocycles. The Hall–Kier alpha value is -2.36. The van der Waals surface area contributed by atoms with Crippen LogP contribution in [0.1, 0.15) is 47.9 Å². The molecular formula is C30H32Cl2N2O2S. The van der Waals surface area contributed by atoms with Crippen molar-refractivity contribution in [2.24, 2.45) is 0 Å². The normalized spacial score (nSPS) is 14.6. The number of nitrogens with zero attached hydrogens (tertiary/aromatic N) is 2. The van der Waals surface area contributed by atoms with Gasteiger partial charge in [0.2, 0.25) is 0 Å². The molecule has 0 aromatic heterocycles. The topological polar surface area (TPSA) is 45.5 Å². The van der Waals surface area contributed by atoms with Gasteiger partial charge in [0, 0.05) is 18.0 Å². The third-order valence-corrected chi connectivity index (χ3v) is 8.99. The maximum absolute atomic E-state index is 10.5. The summed E-state index contributed by atoms with van der Waals surface area (Å²) in [4.78, 5) is 3.51. The third kappa shape index (κ3) is 6.56. The summed E-state index contributed by atoms with van der Waals surface area (Å²) >= 11 is 14.0. The number of nitriles is 1. The van der Waals surface area contributed by atoms with Gasteiger partial charge in [-0.05, 0) is 79.4 Å². The van der Waals surface area contributed by atoms with Crippen LogP contribution in [0.2, 0.25) is 10.0 Å². The van der Waals surface area contributed by atoms with Gasteiger partial charge in [0.05, 0.1) is 30.3 Å². The van der Waals surface area contributed by atoms with Gasteiger partial charge in [-0.2, -0.15) is 5.26 Å². The van der Waals surface area contributed by atoms with Crippen LogP contribution in [0.15, 0.2) is 59.5 Å². The molecule has 4 rings (SSSR count). The lowest BCUT2D eigenvalue weighted by atomic mass is 9.93. The molecule has 1 aliphatic heterocycles. The predicted octanol–water partition coefficient (Wildman–Crippen LogP) is 8.41. The first kappa shape index (κ1) is 27.7. The van der Waals surface area contributed by atoms with E-state index in [0.717, 1.165) is 55.8 Å². The summed E-state index contributed by atoms with van der Waals surface area (Å²) in [6.45, 7) is 4.89. The molecule has 0 saturated heterocycles. The van der Waals surface area contributed by atoms with Crippen molar-refractivity contribution in [3.8, 4) is 17.6 Å². The second kappa shape index (κ2) is 12.5. The van der Waals surface area contributed by atoms with Crippen LogP contribution >= 0.6 is 35.0 Å². The molecule has 0 amide bonds. The molecular weight excluding hydrogens is 523 g/mol. The summed E-state index contributed by atoms with van der Waals surface area (Å²) in [5.41, 5.74) is 4.66. The first-order valence-electron chi connectivity index (χ1n) is 12.5. The number of benzene rings is 3. The molecule has 0 saturated carbocycles. The fourth-order valence-corrected chi connectivity index (χ4v) is 6.38. The van der Waals surface area contributed by atoms with Crippen LogP contribution in [0.25, 0.3) is 0 Å². The minimum atomic E-state index is -0.730. The second-order valence-electron chi connectivity index (χ2n) is 9.48. The highest BCUT2D eigenvalue weighted by Gasteiger charge is 2.34. The van der Waals surface area contributed by atoms with Crippen molar-refractivity contribution in [1.29, 1.82) is 5.26 Å². The molecule has 0 aliphatic carbocycles. The van der Waals surface area contributed by atoms with Crippen molar-refractivity contribution in [2.75, 3.05) is 20.8 Å². The van der Waals surface area contributed by atoms with Crippen LogP contribution in [0.5, 0.6) is 11.5 Å². The maximum Gasteiger partial charge on any atom is 0.161 e. The van der Waals surface area contributed by atoms with Gasteiger partial charge >= 0.3 is 0 Å². The van der Waals surface area contributed by atoms with Crippen molar-refractivity contribution in [1.82, 2.24) is 4.90 Å². The Bertz CT molecular complexity index is 1240. The Labute approximate surface area is 234 Å². The summed E-state index contributed by atoms with van der Waals surface area (Å²) in [5, 5.41) is 11.8. The molecule has 3 aromatic rings. The van der Waals surface area contributed by atoms with E-state index in [1.165, 1.54) is 16.7 Å². The maximum atomic E-state index is 10.5. The molecule has 0 N–H and O–H groups in total. The zero-order valence-corrected chi connectivity index (χ0v) is 23.8. The summed E-state index contributed by atoms with van der Waals surface area (Å²) in [6, 6.07) is 20.8. The lowest BCUT2D eigenvalue weighted by Crippen LogP contribution is -2.21. The molecule has 0 bridgehead atoms. The predicted molar refractivity (Wildman–Crippen MR) is 153 cm³/mol. The van der Waals surface area contributed by atoms with E-state index >= 15 is 0 Å². The van der Waals surface area contributed by atoms with E-state index in [-0.39, 0.29) is 0 Å². The zero-order chi connectivity index (χ0) is 26.4. The molecule has 1 aliphatic rings. The van der Waals surface area contributed by atoms with E-state index < -0.39 is 4.75 Å². The standard InChI is InChI=1S/C30H32Cl2N2O2S/c1-21-7-10-25(11-8-21)37-30(20-33,24-9-12-28(35-2)29(17-24)36-3)13-5-4-6-14-34-18-22-15-26(31)27(32)16-23(22)19-34/h7-12,15-17H,4-6,13-14,18-19H2,1-3H3. The molecule has 7 heteroatoms. The molecule has 1 atom stereocenters. The Morgan fingerprint density at radius 3 is 2.14 bits per heavy atom. The van der Waals surface area contributed by atoms with Gasteiger partial charge in [0.25, 0.3) is 0 Å². The van der Waals surface area contributed by atoms with Gasteiger partial charge in [-0.3, -0.25) is 4.90 Å². The number of rotatable bonds is 11. The van der Waals surface area contributed by atoms with E-state index in [1.54, 1.807) is 26.0 Å². The Morgan fingerprint density at radius 1 is 0.892 bits per heavy atom. The molecule has 37 heavy (non-hydrogen) atoms. The number of thioether (sulfide) groups is 1. The highest BCUT2D eigenvalue weighted by Crippen LogP contribution is 2.47. The van der Waals surface area contributed by atoms with Gasteiger partial charge in [0.15, 0.2) is 11.5 Å². The molecule has 4 nitrogen and oxygen atoms in total. The first-order chi connectivity index (χ1) is 17.9. The Kier molecular flexibility index (Phi) is 9.31. The van der Waals surface area contributed by atoms with Crippen LogP contribution in [-0.2, 0) is 17.8 Å². The monoisotopic (exact) mass is 554 g/mol. The lowest BCUT2D eigenvalue weighted by molar-refractivity contribution is 0.276. The molecule has 194 valence electrons. The van der Waals surface area contributed by atoms with E-state index in [1.807, 2.05) is 30.3 Å². The van der Waals surface area contributed by atoms with Crippen LogP contribution in [0.3, 0.4) is 0 Å². The minimum Gasteiger partial charge on any atom is -0.493 e. The van der Waals surface area contributed by atoms with Crippen LogP contribution in [0, 0.1) is 18.3 Å². The summed E-state index contributed by atoms with van der Waals surface area (Å²) < 4.78 is 10.3. The number of fused-ring (bicyclic) bond motifs is 1. The number of aryl methyl sites for hydroxylation is 1. The summed E-state index contributed by atoms with van der Waals surface area (Å²) in [5.74, 6) is 1.30. The number of halogens is 2. The Morgan fingerprint density at radius 2 is 1.54 bits per heavy atom. The molecule has 1 unspecified atom stereocenters. The molecule has 3 aromatic carbocycles. The second-order valence-corrected chi connectivity index (χ2v) is 11.7. The third-order valence-electron chi connectivity index (χ3n) is 6.88. The van der Waals surface area contributed by atoms with Gasteiger partial charge in [-0.15, -0.1) is 0 Å². The molecule has 0 spiro atoms. The van der Waals surface area contributed by atoms with Crippen molar-refractivity contribution >= 4 is 35.0 Å². The van der Waals surface area contributed by atoms with Crippen molar-refractivity contribution in [3.05, 3.63) is 86.9 Å². The van der Waals surface area contributed by atoms with Crippen LogP contribution in [-0.4, -0.2) is 25.7 Å². The molecule has 0 fully saturated rings. The average molecular weight is 556 g/mol. The smallest absolute Gasteiger partial charge is 0.161 e. The molecule has 0 radical (unpaired) electrons. The largest absolute Gasteiger partial charge is 0.493 e. The highest BCUT2D eigenvalue weighted by atomic mass is 35.5. The van der Waals surface area contributed by atoms with Crippen molar-refractivity contribution < 1.29 is 9.47 Å². The van der Waals surface area contributed by atoms with Crippen LogP contribution < -0.4 is 9.47 Å². The first-order valence-corrected chi connectivity index (χ1v) is 14.0. The van der Waals surface area contributed by atoms with Gasteiger partial charge in [-0.1, -0.05) is 71.6 Å². The van der Waals surface area contributed by atoms with E-state index in [2.05, 4.69) is 42.2 Å². The van der Waals surface area contributed by atoms with Crippen molar-refractivity contribution in [3.63, 3.8) is 0 Å². The van der Waals surface area contributed by atoms with Gasteiger partial charge in [-0.25, -0.2) is 0 Å². The van der Waals surface area contributed by atoms with Crippen LogP contribution in [0.4, 0.5) is 0 Å². The summed E-state index contributed by atoms with van der Waals surface area (Å²) in [7, 11) is 3.25. The quantitative estimate of drug-likeness (QED) is 0.176. The van der Waals surface area contributed by atoms with E-state index in [0.29, 0.717) is 21.5 Å². The summed E-state index contributed by atoms with van der Waals surface area (Å²) in [6.07, 6.45) is 3.79. The minimum absolute atomic E-state index is 0.622. The highest BCUT2D eigenvalue weighted by molar-refractivity contribution is 8.00. The SMILES string of the molecule is COc1ccc(C(C#N)(CCCCCN2Cc3cc(Cl)c(Cl)cc3C2)Sc2ccc(C)cc2)cc1OC. The van der Waals surface area contributed by atoms with E-state index in [9.17, 15) is 5.26 Å². The number of ether oxygens (including phenoxy) is 2. The number of hydrogen-bond donors (Lipinski definition) is 0. The number of hydrogen-bond acceptors (Lipinski definition) is 5. The van der Waals surface area contributed by atoms with Gasteiger partial charge in [0.1, 0.15) is 4.75 Å². The Balaban J connectivity index is 1.43. The van der Waals surface area contributed by atoms with Crippen molar-refractivity contribution in [2.45, 2.75) is 55.3 Å². The zero-order valence-electron chi connectivity index (χ0n) is 21.5. The number of unbranched alkanes of at least 4 members (excludes halogenated alkanes) is 2. The number of methoxy groups -OCH3 is 2. The van der Waals surface area contributed by atoms with E-state index in [4.69, 9.17) is 32.7 Å². The fourth-order valence-electron chi connectivity index (χ4n) is 4.80. The lowest BCUT2D eigenvalue weighted by Gasteiger charge is -2.28.